The topological polar surface area (TPSA) is 44.8 Å². The highest BCUT2D eigenvalue weighted by atomic mass is 35.5. The number of ether oxygens (including phenoxy) is 3. The molecule has 0 spiro atoms. The highest BCUT2D eigenvalue weighted by Crippen LogP contribution is 2.38. The minimum Gasteiger partial charge on any atom is -0.469 e. The maximum atomic E-state index is 12.3. The Kier molecular flexibility index (Phi) is 6.46. The van der Waals surface area contributed by atoms with E-state index in [2.05, 4.69) is 0 Å². The van der Waals surface area contributed by atoms with E-state index in [9.17, 15) is 4.79 Å². The minimum atomic E-state index is -0.462. The molecule has 0 unspecified atom stereocenters. The molecule has 3 rings (SSSR count). The van der Waals surface area contributed by atoms with Crippen LogP contribution in [0.25, 0.3) is 0 Å². The van der Waals surface area contributed by atoms with Crippen LogP contribution < -0.4 is 4.74 Å². The molecule has 1 saturated heterocycles. The van der Waals surface area contributed by atoms with Gasteiger partial charge in [-0.05, 0) is 61.4 Å². The zero-order chi connectivity index (χ0) is 18.4. The van der Waals surface area contributed by atoms with E-state index in [1.165, 1.54) is 7.11 Å². The fourth-order valence-corrected chi connectivity index (χ4v) is 4.15. The van der Waals surface area contributed by atoms with E-state index in [1.807, 2.05) is 36.4 Å². The van der Waals surface area contributed by atoms with Gasteiger partial charge in [-0.15, -0.1) is 11.8 Å². The second kappa shape index (κ2) is 8.80. The first kappa shape index (κ1) is 19.1. The molecule has 0 atom stereocenters. The summed E-state index contributed by atoms with van der Waals surface area (Å²) in [4.78, 5) is 13.4. The van der Waals surface area contributed by atoms with E-state index in [0.717, 1.165) is 16.4 Å². The standard InChI is InChI=1S/C20H21ClO4S/c1-23-19(22)20(10-12-24-13-11-20)14-26-18-8-6-17(7-9-18)25-16-4-2-15(21)3-5-16/h2-9H,10-14H2,1H3. The van der Waals surface area contributed by atoms with E-state index in [1.54, 1.807) is 23.9 Å². The molecule has 1 heterocycles. The number of carbonyl (C=O) groups is 1. The highest BCUT2D eigenvalue weighted by Gasteiger charge is 2.41. The largest absolute Gasteiger partial charge is 0.469 e. The predicted molar refractivity (Wildman–Crippen MR) is 103 cm³/mol. The molecule has 1 aliphatic rings. The number of benzene rings is 2. The fourth-order valence-electron chi connectivity index (χ4n) is 2.85. The summed E-state index contributed by atoms with van der Waals surface area (Å²) in [5, 5.41) is 0.678. The normalized spacial score (nSPS) is 16.1. The maximum Gasteiger partial charge on any atom is 0.312 e. The Hall–Kier alpha value is -1.69. The van der Waals surface area contributed by atoms with Crippen molar-refractivity contribution in [3.63, 3.8) is 0 Å². The van der Waals surface area contributed by atoms with Gasteiger partial charge >= 0.3 is 5.97 Å². The van der Waals surface area contributed by atoms with Crippen LogP contribution in [0.4, 0.5) is 0 Å². The minimum absolute atomic E-state index is 0.143. The zero-order valence-corrected chi connectivity index (χ0v) is 16.1. The van der Waals surface area contributed by atoms with E-state index in [0.29, 0.717) is 36.8 Å². The molecule has 0 saturated carbocycles. The third kappa shape index (κ3) is 4.72. The molecule has 0 N–H and O–H groups in total. The van der Waals surface area contributed by atoms with Gasteiger partial charge in [0.1, 0.15) is 11.5 Å². The van der Waals surface area contributed by atoms with Crippen molar-refractivity contribution in [3.8, 4) is 11.5 Å². The number of rotatable bonds is 6. The van der Waals surface area contributed by atoms with Crippen molar-refractivity contribution in [2.24, 2.45) is 5.41 Å². The van der Waals surface area contributed by atoms with Crippen molar-refractivity contribution in [3.05, 3.63) is 53.6 Å². The Balaban J connectivity index is 1.61. The van der Waals surface area contributed by atoms with Crippen molar-refractivity contribution in [1.29, 1.82) is 0 Å². The molecule has 0 aliphatic carbocycles. The lowest BCUT2D eigenvalue weighted by Gasteiger charge is -2.34. The van der Waals surface area contributed by atoms with Gasteiger partial charge in [-0.1, -0.05) is 11.6 Å². The second-order valence-electron chi connectivity index (χ2n) is 6.20. The maximum absolute atomic E-state index is 12.3. The van der Waals surface area contributed by atoms with Crippen LogP contribution in [-0.2, 0) is 14.3 Å². The summed E-state index contributed by atoms with van der Waals surface area (Å²) in [6.45, 7) is 1.20. The molecule has 0 amide bonds. The fraction of sp³-hybridized carbons (Fsp3) is 0.350. The summed E-state index contributed by atoms with van der Waals surface area (Å²) >= 11 is 7.54. The van der Waals surface area contributed by atoms with Gasteiger partial charge in [-0.2, -0.15) is 0 Å². The van der Waals surface area contributed by atoms with Crippen LogP contribution in [0.1, 0.15) is 12.8 Å². The van der Waals surface area contributed by atoms with Gasteiger partial charge < -0.3 is 14.2 Å². The Bertz CT molecular complexity index is 724. The van der Waals surface area contributed by atoms with Crippen LogP contribution >= 0.6 is 23.4 Å². The third-order valence-corrected chi connectivity index (χ3v) is 6.01. The quantitative estimate of drug-likeness (QED) is 0.499. The van der Waals surface area contributed by atoms with Crippen LogP contribution in [0.15, 0.2) is 53.4 Å². The van der Waals surface area contributed by atoms with Gasteiger partial charge in [0.25, 0.3) is 0 Å². The number of thioether (sulfide) groups is 1. The summed E-state index contributed by atoms with van der Waals surface area (Å²) in [7, 11) is 1.45. The highest BCUT2D eigenvalue weighted by molar-refractivity contribution is 7.99. The molecule has 0 bridgehead atoms. The molecule has 26 heavy (non-hydrogen) atoms. The smallest absolute Gasteiger partial charge is 0.312 e. The summed E-state index contributed by atoms with van der Waals surface area (Å²) in [5.41, 5.74) is -0.462. The molecular formula is C20H21ClO4S. The molecule has 138 valence electrons. The lowest BCUT2D eigenvalue weighted by atomic mass is 9.82. The van der Waals surface area contributed by atoms with E-state index >= 15 is 0 Å². The van der Waals surface area contributed by atoms with Gasteiger partial charge in [0.15, 0.2) is 0 Å². The average Bonchev–Trinajstić information content (AvgIpc) is 2.69. The number of hydrogen-bond donors (Lipinski definition) is 0. The van der Waals surface area contributed by atoms with Gasteiger partial charge in [0.05, 0.1) is 12.5 Å². The Morgan fingerprint density at radius 2 is 1.65 bits per heavy atom. The van der Waals surface area contributed by atoms with Crippen molar-refractivity contribution < 1.29 is 19.0 Å². The molecule has 0 aromatic heterocycles. The number of methoxy groups -OCH3 is 1. The van der Waals surface area contributed by atoms with Crippen LogP contribution in [-0.4, -0.2) is 32.0 Å². The lowest BCUT2D eigenvalue weighted by Crippen LogP contribution is -2.40. The van der Waals surface area contributed by atoms with Gasteiger partial charge in [-0.25, -0.2) is 0 Å². The molecule has 1 fully saturated rings. The Morgan fingerprint density at radius 3 is 2.23 bits per heavy atom. The summed E-state index contributed by atoms with van der Waals surface area (Å²) in [5.74, 6) is 2.03. The van der Waals surface area contributed by atoms with Crippen molar-refractivity contribution >= 4 is 29.3 Å². The van der Waals surface area contributed by atoms with Crippen molar-refractivity contribution in [2.45, 2.75) is 17.7 Å². The van der Waals surface area contributed by atoms with E-state index in [-0.39, 0.29) is 5.97 Å². The van der Waals surface area contributed by atoms with E-state index in [4.69, 9.17) is 25.8 Å². The van der Waals surface area contributed by atoms with Crippen LogP contribution in [0.2, 0.25) is 5.02 Å². The molecular weight excluding hydrogens is 372 g/mol. The molecule has 0 radical (unpaired) electrons. The van der Waals surface area contributed by atoms with Gasteiger partial charge in [0, 0.05) is 28.9 Å². The summed E-state index contributed by atoms with van der Waals surface area (Å²) in [6, 6.07) is 15.1. The Labute approximate surface area is 162 Å². The molecule has 4 nitrogen and oxygen atoms in total. The number of carbonyl (C=O) groups excluding carboxylic acids is 1. The summed E-state index contributed by atoms with van der Waals surface area (Å²) < 4.78 is 16.2. The molecule has 1 aliphatic heterocycles. The SMILES string of the molecule is COC(=O)C1(CSc2ccc(Oc3ccc(Cl)cc3)cc2)CCOCC1. The van der Waals surface area contributed by atoms with Crippen LogP contribution in [0.3, 0.4) is 0 Å². The van der Waals surface area contributed by atoms with E-state index < -0.39 is 5.41 Å². The second-order valence-corrected chi connectivity index (χ2v) is 7.69. The predicted octanol–water partition coefficient (Wildman–Crippen LogP) is 5.19. The molecule has 2 aromatic carbocycles. The molecule has 6 heteroatoms. The first-order chi connectivity index (χ1) is 12.6. The summed E-state index contributed by atoms with van der Waals surface area (Å²) in [6.07, 6.45) is 1.40. The lowest BCUT2D eigenvalue weighted by molar-refractivity contribution is -0.156. The first-order valence-corrected chi connectivity index (χ1v) is 9.80. The van der Waals surface area contributed by atoms with Crippen LogP contribution in [0.5, 0.6) is 11.5 Å². The molecule has 2 aromatic rings. The average molecular weight is 393 g/mol. The van der Waals surface area contributed by atoms with Crippen molar-refractivity contribution in [1.82, 2.24) is 0 Å². The van der Waals surface area contributed by atoms with Crippen molar-refractivity contribution in [2.75, 3.05) is 26.1 Å². The van der Waals surface area contributed by atoms with Gasteiger partial charge in [-0.3, -0.25) is 4.79 Å². The third-order valence-electron chi connectivity index (χ3n) is 4.46. The monoisotopic (exact) mass is 392 g/mol. The number of hydrogen-bond acceptors (Lipinski definition) is 5. The zero-order valence-electron chi connectivity index (χ0n) is 14.6. The number of halogens is 1. The first-order valence-electron chi connectivity index (χ1n) is 8.44. The Morgan fingerprint density at radius 1 is 1.08 bits per heavy atom. The van der Waals surface area contributed by atoms with Gasteiger partial charge in [0.2, 0.25) is 0 Å². The van der Waals surface area contributed by atoms with Crippen LogP contribution in [0, 0.1) is 5.41 Å². The number of esters is 1.